The summed E-state index contributed by atoms with van der Waals surface area (Å²) in [4.78, 5) is 8.76. The molecule has 0 saturated carbocycles. The standard InChI is InChI=1S/C19H30N4O3.HI/c1-7-20-17(22-11-16-21-10-15(26-16)18(3,4)5)23-12-19(6,24)14-9-8-13(2)25-14;/h8-10,24H,7,11-12H2,1-6H3,(H2,20,22,23);1H. The number of rotatable bonds is 6. The van der Waals surface area contributed by atoms with Gasteiger partial charge in [-0.15, -0.1) is 24.0 Å². The van der Waals surface area contributed by atoms with Crippen LogP contribution in [0.5, 0.6) is 0 Å². The molecule has 2 aromatic rings. The molecule has 2 heterocycles. The summed E-state index contributed by atoms with van der Waals surface area (Å²) in [6.07, 6.45) is 1.75. The van der Waals surface area contributed by atoms with Gasteiger partial charge in [0.25, 0.3) is 0 Å². The van der Waals surface area contributed by atoms with Crippen LogP contribution in [0.25, 0.3) is 0 Å². The predicted octanol–water partition coefficient (Wildman–Crippen LogP) is 3.45. The number of hydrogen-bond donors (Lipinski definition) is 3. The predicted molar refractivity (Wildman–Crippen MR) is 116 cm³/mol. The summed E-state index contributed by atoms with van der Waals surface area (Å²) in [5, 5.41) is 16.9. The molecule has 0 radical (unpaired) electrons. The number of aliphatic imine (C=N–C) groups is 1. The highest BCUT2D eigenvalue weighted by Crippen LogP contribution is 2.23. The van der Waals surface area contributed by atoms with E-state index in [1.807, 2.05) is 19.9 Å². The number of oxazole rings is 1. The highest BCUT2D eigenvalue weighted by Gasteiger charge is 2.27. The van der Waals surface area contributed by atoms with Gasteiger partial charge in [0.2, 0.25) is 5.89 Å². The van der Waals surface area contributed by atoms with Crippen LogP contribution in [0, 0.1) is 6.92 Å². The molecule has 0 bridgehead atoms. The highest BCUT2D eigenvalue weighted by atomic mass is 127. The fourth-order valence-electron chi connectivity index (χ4n) is 2.29. The smallest absolute Gasteiger partial charge is 0.216 e. The molecule has 0 spiro atoms. The Bertz CT molecular complexity index is 744. The molecule has 8 heteroatoms. The van der Waals surface area contributed by atoms with E-state index in [-0.39, 0.29) is 35.9 Å². The minimum atomic E-state index is -1.15. The zero-order chi connectivity index (χ0) is 19.4. The summed E-state index contributed by atoms with van der Waals surface area (Å²) >= 11 is 0. The van der Waals surface area contributed by atoms with Crippen molar-refractivity contribution in [2.45, 2.75) is 59.1 Å². The van der Waals surface area contributed by atoms with Crippen LogP contribution in [-0.4, -0.2) is 29.1 Å². The van der Waals surface area contributed by atoms with E-state index in [2.05, 4.69) is 41.4 Å². The van der Waals surface area contributed by atoms with Gasteiger partial charge in [-0.25, -0.2) is 9.98 Å². The fraction of sp³-hybridized carbons (Fsp3) is 0.579. The van der Waals surface area contributed by atoms with Crippen molar-refractivity contribution in [2.24, 2.45) is 4.99 Å². The maximum atomic E-state index is 10.6. The number of aliphatic hydroxyl groups is 1. The zero-order valence-electron chi connectivity index (χ0n) is 16.9. The topological polar surface area (TPSA) is 95.8 Å². The van der Waals surface area contributed by atoms with Crippen LogP contribution in [-0.2, 0) is 17.6 Å². The molecule has 3 N–H and O–H groups in total. The molecule has 7 nitrogen and oxygen atoms in total. The Hall–Kier alpha value is -1.55. The number of guanidine groups is 1. The summed E-state index contributed by atoms with van der Waals surface area (Å²) in [7, 11) is 0. The van der Waals surface area contributed by atoms with Crippen molar-refractivity contribution < 1.29 is 13.9 Å². The first-order chi connectivity index (χ1) is 12.1. The minimum Gasteiger partial charge on any atom is -0.463 e. The van der Waals surface area contributed by atoms with Crippen LogP contribution < -0.4 is 10.6 Å². The molecule has 0 amide bonds. The van der Waals surface area contributed by atoms with Crippen LogP contribution in [0.2, 0.25) is 0 Å². The Kier molecular flexibility index (Phi) is 8.34. The van der Waals surface area contributed by atoms with E-state index in [0.717, 1.165) is 11.5 Å². The lowest BCUT2D eigenvalue weighted by Gasteiger charge is -2.22. The van der Waals surface area contributed by atoms with Crippen LogP contribution in [0.15, 0.2) is 32.2 Å². The van der Waals surface area contributed by atoms with Crippen LogP contribution >= 0.6 is 24.0 Å². The van der Waals surface area contributed by atoms with Crippen LogP contribution in [0.1, 0.15) is 57.8 Å². The molecular weight excluding hydrogens is 459 g/mol. The van der Waals surface area contributed by atoms with E-state index in [1.165, 1.54) is 0 Å². The van der Waals surface area contributed by atoms with Crippen molar-refractivity contribution in [1.82, 2.24) is 15.6 Å². The van der Waals surface area contributed by atoms with Crippen molar-refractivity contribution in [3.05, 3.63) is 41.5 Å². The van der Waals surface area contributed by atoms with Crippen molar-refractivity contribution in [2.75, 3.05) is 13.1 Å². The lowest BCUT2D eigenvalue weighted by molar-refractivity contribution is 0.0378. The largest absolute Gasteiger partial charge is 0.463 e. The molecule has 2 aromatic heterocycles. The normalized spacial score (nSPS) is 14.4. The van der Waals surface area contributed by atoms with Gasteiger partial charge in [-0.2, -0.15) is 0 Å². The van der Waals surface area contributed by atoms with E-state index in [0.29, 0.717) is 30.7 Å². The Balaban J connectivity index is 0.00000364. The number of nitrogens with one attached hydrogen (secondary N) is 2. The summed E-state index contributed by atoms with van der Waals surface area (Å²) in [5.41, 5.74) is -1.23. The van der Waals surface area contributed by atoms with Gasteiger partial charge in [0.1, 0.15) is 29.4 Å². The molecule has 1 unspecified atom stereocenters. The molecule has 0 aliphatic carbocycles. The van der Waals surface area contributed by atoms with E-state index < -0.39 is 5.60 Å². The average molecular weight is 490 g/mol. The first-order valence-electron chi connectivity index (χ1n) is 8.88. The summed E-state index contributed by atoms with van der Waals surface area (Å²) in [5.74, 6) is 3.24. The number of furan rings is 1. The Morgan fingerprint density at radius 2 is 1.85 bits per heavy atom. The third-order valence-corrected chi connectivity index (χ3v) is 3.88. The second kappa shape index (κ2) is 9.59. The highest BCUT2D eigenvalue weighted by molar-refractivity contribution is 14.0. The first-order valence-corrected chi connectivity index (χ1v) is 8.88. The van der Waals surface area contributed by atoms with E-state index >= 15 is 0 Å². The van der Waals surface area contributed by atoms with E-state index in [9.17, 15) is 5.11 Å². The lowest BCUT2D eigenvalue weighted by atomic mass is 9.94. The third kappa shape index (κ3) is 6.84. The molecule has 152 valence electrons. The van der Waals surface area contributed by atoms with Crippen molar-refractivity contribution in [3.8, 4) is 0 Å². The van der Waals surface area contributed by atoms with Gasteiger partial charge < -0.3 is 24.6 Å². The fourth-order valence-corrected chi connectivity index (χ4v) is 2.29. The van der Waals surface area contributed by atoms with Gasteiger partial charge in [-0.3, -0.25) is 0 Å². The number of halogens is 1. The van der Waals surface area contributed by atoms with Gasteiger partial charge in [0, 0.05) is 12.0 Å². The lowest BCUT2D eigenvalue weighted by Crippen LogP contribution is -2.44. The summed E-state index contributed by atoms with van der Waals surface area (Å²) < 4.78 is 11.3. The van der Waals surface area contributed by atoms with E-state index in [4.69, 9.17) is 8.83 Å². The number of nitrogens with zero attached hydrogens (tertiary/aromatic N) is 2. The molecule has 0 saturated heterocycles. The van der Waals surface area contributed by atoms with Gasteiger partial charge >= 0.3 is 0 Å². The van der Waals surface area contributed by atoms with Crippen LogP contribution in [0.3, 0.4) is 0 Å². The third-order valence-electron chi connectivity index (χ3n) is 3.88. The molecule has 0 aliphatic rings. The van der Waals surface area contributed by atoms with Gasteiger partial charge in [-0.1, -0.05) is 20.8 Å². The maximum absolute atomic E-state index is 10.6. The first kappa shape index (κ1) is 23.5. The average Bonchev–Trinajstić information content (AvgIpc) is 3.19. The van der Waals surface area contributed by atoms with Crippen LogP contribution in [0.4, 0.5) is 0 Å². The van der Waals surface area contributed by atoms with E-state index in [1.54, 1.807) is 19.2 Å². The zero-order valence-corrected chi connectivity index (χ0v) is 19.3. The number of hydrogen-bond acceptors (Lipinski definition) is 5. The van der Waals surface area contributed by atoms with Gasteiger partial charge in [0.15, 0.2) is 5.96 Å². The van der Waals surface area contributed by atoms with Gasteiger partial charge in [-0.05, 0) is 32.9 Å². The molecule has 1 atom stereocenters. The summed E-state index contributed by atoms with van der Waals surface area (Å²) in [6.45, 7) is 13.0. The SMILES string of the molecule is CCNC(=NCc1ncc(C(C)(C)C)o1)NCC(C)(O)c1ccc(C)o1.I. The van der Waals surface area contributed by atoms with Crippen molar-refractivity contribution in [1.29, 1.82) is 0 Å². The Morgan fingerprint density at radius 3 is 2.37 bits per heavy atom. The van der Waals surface area contributed by atoms with Crippen molar-refractivity contribution >= 4 is 29.9 Å². The number of aryl methyl sites for hydroxylation is 1. The molecular formula is C19H31IN4O3. The second-order valence-corrected chi connectivity index (χ2v) is 7.60. The Morgan fingerprint density at radius 1 is 1.15 bits per heavy atom. The minimum absolute atomic E-state index is 0. The molecule has 27 heavy (non-hydrogen) atoms. The van der Waals surface area contributed by atoms with Gasteiger partial charge in [0.05, 0.1) is 12.7 Å². The second-order valence-electron chi connectivity index (χ2n) is 7.60. The van der Waals surface area contributed by atoms with Crippen molar-refractivity contribution in [3.63, 3.8) is 0 Å². The maximum Gasteiger partial charge on any atom is 0.216 e. The summed E-state index contributed by atoms with van der Waals surface area (Å²) in [6, 6.07) is 3.61. The quantitative estimate of drug-likeness (QED) is 0.326. The monoisotopic (exact) mass is 490 g/mol. The number of aromatic nitrogens is 1. The molecule has 0 aromatic carbocycles. The molecule has 0 aliphatic heterocycles. The molecule has 0 fully saturated rings. The Labute approximate surface area is 178 Å². The molecule has 2 rings (SSSR count).